The van der Waals surface area contributed by atoms with Crippen molar-refractivity contribution in [2.24, 2.45) is 0 Å². The summed E-state index contributed by atoms with van der Waals surface area (Å²) in [5.74, 6) is 0. The minimum atomic E-state index is 0. The van der Waals surface area contributed by atoms with Gasteiger partial charge < -0.3 is 0 Å². The van der Waals surface area contributed by atoms with Gasteiger partial charge in [-0.05, 0) is 0 Å². The summed E-state index contributed by atoms with van der Waals surface area (Å²) in [6, 6.07) is 0. The van der Waals surface area contributed by atoms with Gasteiger partial charge in [0, 0.05) is 116 Å². The molecule has 0 unspecified atom stereocenters. The molecule has 0 heterocycles. The van der Waals surface area contributed by atoms with Gasteiger partial charge in [-0.1, -0.05) is 0 Å². The monoisotopic (exact) mass is 285 g/mol. The molecule has 0 aromatic carbocycles. The Morgan fingerprint density at radius 3 is 1.00 bits per heavy atom. The average molecular weight is 286 g/mol. The second kappa shape index (κ2) is 25.0. The number of hydrogen-bond acceptors (Lipinski definition) is 0. The van der Waals surface area contributed by atoms with Gasteiger partial charge >= 0.3 is 0 Å². The van der Waals surface area contributed by atoms with Crippen molar-refractivity contribution < 1.29 is 76.0 Å². The zero-order valence-corrected chi connectivity index (χ0v) is 11.8. The summed E-state index contributed by atoms with van der Waals surface area (Å²) in [6.45, 7) is 0. The summed E-state index contributed by atoms with van der Waals surface area (Å²) in [5, 5.41) is 0. The molecule has 0 atom stereocenters. The zero-order valence-electron chi connectivity index (χ0n) is 2.74. The molecular formula is AlMgMnYZr. The van der Waals surface area contributed by atoms with Gasteiger partial charge in [0.1, 0.15) is 0 Å². The topological polar surface area (TPSA) is 0 Å². The predicted octanol–water partition coefficient (Wildman–Crippen LogP) is -0.769. The van der Waals surface area contributed by atoms with Crippen LogP contribution >= 0.6 is 0 Å². The third kappa shape index (κ3) is 18.2. The molecule has 0 aromatic rings. The van der Waals surface area contributed by atoms with Crippen LogP contribution in [0.1, 0.15) is 0 Å². The van der Waals surface area contributed by atoms with E-state index in [1.54, 1.807) is 0 Å². The smallest absolute Gasteiger partial charge is 0 e. The standard InChI is InChI=1S/Al.Mg.Mn.Y.Zr. The fourth-order valence-corrected chi connectivity index (χ4v) is 0. The van der Waals surface area contributed by atoms with E-state index >= 15 is 0 Å². The molecule has 7 radical (unpaired) electrons. The predicted molar refractivity (Wildman–Crippen MR) is 11.5 cm³/mol. The van der Waals surface area contributed by atoms with Gasteiger partial charge in [-0.2, -0.15) is 0 Å². The fraction of sp³-hybridized carbons (Fsp3) is 0. The van der Waals surface area contributed by atoms with Crippen molar-refractivity contribution in [2.75, 3.05) is 0 Å². The molecule has 5 heavy (non-hydrogen) atoms. The average Bonchev–Trinajstić information content (AvgIpc) is 0. The molecule has 0 saturated heterocycles. The maximum absolute atomic E-state index is 0. The van der Waals surface area contributed by atoms with Crippen LogP contribution in [0.15, 0.2) is 0 Å². The van der Waals surface area contributed by atoms with Crippen LogP contribution in [0.4, 0.5) is 0 Å². The van der Waals surface area contributed by atoms with Gasteiger partial charge in [0.15, 0.2) is 0 Å². The van der Waals surface area contributed by atoms with E-state index in [0.717, 1.165) is 0 Å². The van der Waals surface area contributed by atoms with Crippen LogP contribution in [-0.2, 0) is 76.0 Å². The summed E-state index contributed by atoms with van der Waals surface area (Å²) >= 11 is 0. The van der Waals surface area contributed by atoms with Crippen molar-refractivity contribution in [2.45, 2.75) is 0 Å². The Morgan fingerprint density at radius 2 is 1.00 bits per heavy atom. The normalized spacial score (nSPS) is 0. The molecule has 0 nitrogen and oxygen atoms in total. The SMILES string of the molecule is [Al].[Mg].[Mn].[Y].[Zr]. The Labute approximate surface area is 114 Å². The second-order valence-electron chi connectivity index (χ2n) is 0. The minimum Gasteiger partial charge on any atom is 0 e. The van der Waals surface area contributed by atoms with Crippen LogP contribution in [0.25, 0.3) is 0 Å². The summed E-state index contributed by atoms with van der Waals surface area (Å²) in [4.78, 5) is 0. The van der Waals surface area contributed by atoms with Gasteiger partial charge in [0.2, 0.25) is 0 Å². The van der Waals surface area contributed by atoms with E-state index in [4.69, 9.17) is 0 Å². The van der Waals surface area contributed by atoms with E-state index < -0.39 is 0 Å². The first-order valence-corrected chi connectivity index (χ1v) is 0. The first kappa shape index (κ1) is 37.0. The Bertz CT molecular complexity index is 11.6. The van der Waals surface area contributed by atoms with Crippen LogP contribution in [0.5, 0.6) is 0 Å². The van der Waals surface area contributed by atoms with E-state index in [1.165, 1.54) is 0 Å². The molecule has 0 fully saturated rings. The quantitative estimate of drug-likeness (QED) is 0.513. The third-order valence-electron chi connectivity index (χ3n) is 0. The molecule has 0 spiro atoms. The van der Waals surface area contributed by atoms with Crippen molar-refractivity contribution in [3.8, 4) is 0 Å². The van der Waals surface area contributed by atoms with Gasteiger partial charge in [-0.3, -0.25) is 0 Å². The molecule has 0 saturated carbocycles. The molecule has 19 valence electrons. The Hall–Kier alpha value is 3.81. The Balaban J connectivity index is 0. The van der Waals surface area contributed by atoms with Crippen molar-refractivity contribution in [3.63, 3.8) is 0 Å². The van der Waals surface area contributed by atoms with Gasteiger partial charge in [0.05, 0.1) is 0 Å². The van der Waals surface area contributed by atoms with Gasteiger partial charge in [-0.25, -0.2) is 0 Å². The Morgan fingerprint density at radius 1 is 1.00 bits per heavy atom. The fourth-order valence-electron chi connectivity index (χ4n) is 0. The summed E-state index contributed by atoms with van der Waals surface area (Å²) in [5.41, 5.74) is 0. The molecule has 0 N–H and O–H groups in total. The largest absolute Gasteiger partial charge is 0 e. The van der Waals surface area contributed by atoms with Crippen molar-refractivity contribution >= 4 is 40.4 Å². The first-order valence-electron chi connectivity index (χ1n) is 0. The molecule has 0 aliphatic rings. The molecule has 5 heteroatoms. The number of rotatable bonds is 0. The van der Waals surface area contributed by atoms with E-state index in [-0.39, 0.29) is 116 Å². The molecule has 0 amide bonds. The van der Waals surface area contributed by atoms with E-state index in [1.807, 2.05) is 0 Å². The summed E-state index contributed by atoms with van der Waals surface area (Å²) < 4.78 is 0. The molecule has 0 bridgehead atoms. The summed E-state index contributed by atoms with van der Waals surface area (Å²) in [7, 11) is 0. The maximum atomic E-state index is 0. The number of hydrogen-bond donors (Lipinski definition) is 0. The summed E-state index contributed by atoms with van der Waals surface area (Å²) in [6.07, 6.45) is 0. The molecule has 0 aliphatic carbocycles. The second-order valence-corrected chi connectivity index (χ2v) is 0. The molecule has 0 rings (SSSR count). The van der Waals surface area contributed by atoms with Crippen LogP contribution in [0.2, 0.25) is 0 Å². The van der Waals surface area contributed by atoms with E-state index in [0.29, 0.717) is 0 Å². The molecule has 0 aliphatic heterocycles. The molecule has 0 aromatic heterocycles. The van der Waals surface area contributed by atoms with Gasteiger partial charge in [0.25, 0.3) is 0 Å². The van der Waals surface area contributed by atoms with Crippen molar-refractivity contribution in [1.82, 2.24) is 0 Å². The van der Waals surface area contributed by atoms with Gasteiger partial charge in [-0.15, -0.1) is 0 Å². The maximum Gasteiger partial charge on any atom is 0 e. The van der Waals surface area contributed by atoms with Crippen LogP contribution in [0.3, 0.4) is 0 Å². The van der Waals surface area contributed by atoms with Crippen molar-refractivity contribution in [1.29, 1.82) is 0 Å². The van der Waals surface area contributed by atoms with E-state index in [9.17, 15) is 0 Å². The molecular weight excluding hydrogens is 286 g/mol. The zero-order chi connectivity index (χ0) is 0. The van der Waals surface area contributed by atoms with Crippen LogP contribution < -0.4 is 0 Å². The van der Waals surface area contributed by atoms with Crippen LogP contribution in [0, 0.1) is 0 Å². The van der Waals surface area contributed by atoms with Crippen LogP contribution in [-0.4, -0.2) is 40.4 Å². The third-order valence-corrected chi connectivity index (χ3v) is 0. The first-order chi connectivity index (χ1) is 0. The Kier molecular flexibility index (Phi) is 185. The van der Waals surface area contributed by atoms with E-state index in [2.05, 4.69) is 0 Å². The minimum absolute atomic E-state index is 0. The van der Waals surface area contributed by atoms with Crippen molar-refractivity contribution in [3.05, 3.63) is 0 Å².